The van der Waals surface area contributed by atoms with Gasteiger partial charge in [-0.2, -0.15) is 0 Å². The summed E-state index contributed by atoms with van der Waals surface area (Å²) in [6.07, 6.45) is 43.7. The van der Waals surface area contributed by atoms with E-state index in [0.717, 1.165) is 32.1 Å². The normalized spacial score (nSPS) is 11.6. The molecule has 43 heavy (non-hydrogen) atoms. The second kappa shape index (κ2) is 36.4. The maximum atomic E-state index is 11.9. The van der Waals surface area contributed by atoms with Crippen LogP contribution in [0.15, 0.2) is 24.3 Å². The third-order valence-corrected chi connectivity index (χ3v) is 8.16. The van der Waals surface area contributed by atoms with E-state index in [1.54, 1.807) is 0 Å². The first kappa shape index (κ1) is 41.2. The smallest absolute Gasteiger partial charge is 0.404 e. The number of unbranched alkanes of at least 4 members (excludes halogenated alkanes) is 24. The van der Waals surface area contributed by atoms with Gasteiger partial charge in [-0.1, -0.05) is 140 Å². The van der Waals surface area contributed by atoms with Gasteiger partial charge in [0.15, 0.2) is 0 Å². The summed E-state index contributed by atoms with van der Waals surface area (Å²) >= 11 is 0. The second-order valence-corrected chi connectivity index (χ2v) is 12.4. The molecular formula is C38H71NO4. The summed E-state index contributed by atoms with van der Waals surface area (Å²) < 4.78 is 5.43. The van der Waals surface area contributed by atoms with Crippen LogP contribution < -0.4 is 5.32 Å². The number of hydrogen-bond donors (Lipinski definition) is 2. The van der Waals surface area contributed by atoms with Crippen molar-refractivity contribution in [1.29, 1.82) is 0 Å². The minimum absolute atomic E-state index is 0.00840. The average Bonchev–Trinajstić information content (AvgIpc) is 2.99. The predicted molar refractivity (Wildman–Crippen MR) is 185 cm³/mol. The van der Waals surface area contributed by atoms with Crippen LogP contribution in [0.4, 0.5) is 4.79 Å². The van der Waals surface area contributed by atoms with Crippen LogP contribution in [0.2, 0.25) is 0 Å². The molecule has 0 atom stereocenters. The van der Waals surface area contributed by atoms with E-state index in [1.807, 2.05) is 0 Å². The number of carbonyl (C=O) groups is 2. The summed E-state index contributed by atoms with van der Waals surface area (Å²) in [6.45, 7) is 3.45. The van der Waals surface area contributed by atoms with E-state index in [0.29, 0.717) is 19.6 Å². The Hall–Kier alpha value is -1.78. The minimum Gasteiger partial charge on any atom is -0.466 e. The van der Waals surface area contributed by atoms with Crippen LogP contribution in [0.5, 0.6) is 0 Å². The van der Waals surface area contributed by atoms with Crippen molar-refractivity contribution in [2.75, 3.05) is 13.2 Å². The summed E-state index contributed by atoms with van der Waals surface area (Å²) in [7, 11) is 0. The van der Waals surface area contributed by atoms with Gasteiger partial charge in [0.25, 0.3) is 0 Å². The first-order chi connectivity index (χ1) is 21.2. The Balaban J connectivity index is 3.24. The lowest BCUT2D eigenvalue weighted by Crippen LogP contribution is -2.21. The molecule has 0 aliphatic heterocycles. The van der Waals surface area contributed by atoms with Crippen molar-refractivity contribution in [3.05, 3.63) is 24.3 Å². The monoisotopic (exact) mass is 606 g/mol. The van der Waals surface area contributed by atoms with Gasteiger partial charge in [0.1, 0.15) is 0 Å². The fraction of sp³-hybridized carbons (Fsp3) is 0.842. The number of rotatable bonds is 34. The lowest BCUT2D eigenvalue weighted by Gasteiger charge is -2.05. The van der Waals surface area contributed by atoms with Gasteiger partial charge in [-0.3, -0.25) is 4.79 Å². The molecule has 0 aliphatic carbocycles. The largest absolute Gasteiger partial charge is 0.466 e. The van der Waals surface area contributed by atoms with Gasteiger partial charge in [0.05, 0.1) is 6.61 Å². The Bertz CT molecular complexity index is 646. The fourth-order valence-corrected chi connectivity index (χ4v) is 5.37. The number of esters is 1. The molecule has 5 nitrogen and oxygen atoms in total. The highest BCUT2D eigenvalue weighted by Gasteiger charge is 2.02. The number of carboxylic acid groups (broad SMARTS) is 1. The van der Waals surface area contributed by atoms with E-state index in [4.69, 9.17) is 9.84 Å². The molecule has 0 bridgehead atoms. The molecule has 0 rings (SSSR count). The van der Waals surface area contributed by atoms with E-state index in [9.17, 15) is 9.59 Å². The van der Waals surface area contributed by atoms with E-state index in [2.05, 4.69) is 36.5 Å². The summed E-state index contributed by atoms with van der Waals surface area (Å²) in [5.41, 5.74) is 0. The number of allylic oxidation sites excluding steroid dienone is 4. The number of carbonyl (C=O) groups excluding carboxylic acids is 1. The van der Waals surface area contributed by atoms with Crippen LogP contribution in [-0.4, -0.2) is 30.3 Å². The van der Waals surface area contributed by atoms with E-state index in [1.165, 1.54) is 148 Å². The predicted octanol–water partition coefficient (Wildman–Crippen LogP) is 12.2. The number of nitrogens with one attached hydrogen (secondary N) is 1. The summed E-state index contributed by atoms with van der Waals surface area (Å²) in [5, 5.41) is 10.9. The van der Waals surface area contributed by atoms with E-state index < -0.39 is 6.09 Å². The standard InChI is InChI=1S/C38H71NO4/c1-2-3-4-5-6-7-8-9-10-15-18-21-24-27-30-33-36-43-37(40)34-31-28-25-22-19-16-13-11-12-14-17-20-23-26-29-32-35-39-38(41)42/h9-12,39H,2-8,13-36H2,1H3,(H,41,42). The van der Waals surface area contributed by atoms with Crippen molar-refractivity contribution in [3.8, 4) is 0 Å². The highest BCUT2D eigenvalue weighted by Crippen LogP contribution is 2.12. The van der Waals surface area contributed by atoms with E-state index >= 15 is 0 Å². The van der Waals surface area contributed by atoms with Crippen LogP contribution in [0.25, 0.3) is 0 Å². The Labute approximate surface area is 267 Å². The molecule has 0 saturated heterocycles. The van der Waals surface area contributed by atoms with Crippen LogP contribution in [-0.2, 0) is 9.53 Å². The Kier molecular flexibility index (Phi) is 34.9. The minimum atomic E-state index is -0.921. The van der Waals surface area contributed by atoms with Crippen molar-refractivity contribution in [3.63, 3.8) is 0 Å². The quantitative estimate of drug-likeness (QED) is 0.0434. The van der Waals surface area contributed by atoms with Crippen LogP contribution in [0.1, 0.15) is 193 Å². The van der Waals surface area contributed by atoms with Gasteiger partial charge in [-0.25, -0.2) is 4.79 Å². The maximum Gasteiger partial charge on any atom is 0.404 e. The fourth-order valence-electron chi connectivity index (χ4n) is 5.37. The van der Waals surface area contributed by atoms with Gasteiger partial charge < -0.3 is 15.2 Å². The molecule has 0 aromatic heterocycles. The molecule has 0 fully saturated rings. The SMILES string of the molecule is CCCCCCCCC=CCCCCCCCCOC(=O)CCCCCCCCC=CCCCCCCCCNC(=O)O. The van der Waals surface area contributed by atoms with Gasteiger partial charge in [-0.05, 0) is 70.6 Å². The highest BCUT2D eigenvalue weighted by atomic mass is 16.5. The lowest BCUT2D eigenvalue weighted by atomic mass is 10.1. The molecule has 2 N–H and O–H groups in total. The molecule has 0 heterocycles. The third-order valence-electron chi connectivity index (χ3n) is 8.16. The van der Waals surface area contributed by atoms with Crippen LogP contribution >= 0.6 is 0 Å². The number of amides is 1. The molecule has 0 unspecified atom stereocenters. The topological polar surface area (TPSA) is 75.6 Å². The van der Waals surface area contributed by atoms with Crippen molar-refractivity contribution in [2.24, 2.45) is 0 Å². The second-order valence-electron chi connectivity index (χ2n) is 12.4. The molecule has 0 spiro atoms. The van der Waals surface area contributed by atoms with Gasteiger partial charge in [-0.15, -0.1) is 0 Å². The number of ether oxygens (including phenoxy) is 1. The van der Waals surface area contributed by atoms with Crippen molar-refractivity contribution < 1.29 is 19.4 Å². The zero-order chi connectivity index (χ0) is 31.3. The lowest BCUT2D eigenvalue weighted by molar-refractivity contribution is -0.143. The van der Waals surface area contributed by atoms with Crippen LogP contribution in [0, 0.1) is 0 Å². The first-order valence-corrected chi connectivity index (χ1v) is 18.6. The number of hydrogen-bond acceptors (Lipinski definition) is 3. The molecule has 0 saturated carbocycles. The molecule has 0 radical (unpaired) electrons. The van der Waals surface area contributed by atoms with Gasteiger partial charge >= 0.3 is 12.1 Å². The summed E-state index contributed by atoms with van der Waals surface area (Å²) in [5.74, 6) is -0.00840. The first-order valence-electron chi connectivity index (χ1n) is 18.6. The summed E-state index contributed by atoms with van der Waals surface area (Å²) in [4.78, 5) is 22.3. The average molecular weight is 606 g/mol. The molecular weight excluding hydrogens is 534 g/mol. The highest BCUT2D eigenvalue weighted by molar-refractivity contribution is 5.69. The molecule has 0 aromatic carbocycles. The zero-order valence-electron chi connectivity index (χ0n) is 28.4. The Morgan fingerprint density at radius 1 is 0.512 bits per heavy atom. The molecule has 5 heteroatoms. The molecule has 1 amide bonds. The molecule has 0 aliphatic rings. The maximum absolute atomic E-state index is 11.9. The van der Waals surface area contributed by atoms with Crippen molar-refractivity contribution >= 4 is 12.1 Å². The Morgan fingerprint density at radius 3 is 1.33 bits per heavy atom. The molecule has 252 valence electrons. The summed E-state index contributed by atoms with van der Waals surface area (Å²) in [6, 6.07) is 0. The third kappa shape index (κ3) is 38.2. The zero-order valence-corrected chi connectivity index (χ0v) is 28.4. The molecule has 0 aromatic rings. The van der Waals surface area contributed by atoms with Gasteiger partial charge in [0, 0.05) is 13.0 Å². The Morgan fingerprint density at radius 2 is 0.884 bits per heavy atom. The van der Waals surface area contributed by atoms with Crippen molar-refractivity contribution in [1.82, 2.24) is 5.32 Å². The van der Waals surface area contributed by atoms with Gasteiger partial charge in [0.2, 0.25) is 0 Å². The van der Waals surface area contributed by atoms with Crippen LogP contribution in [0.3, 0.4) is 0 Å². The van der Waals surface area contributed by atoms with Crippen molar-refractivity contribution in [2.45, 2.75) is 193 Å². The van der Waals surface area contributed by atoms with E-state index in [-0.39, 0.29) is 5.97 Å².